The summed E-state index contributed by atoms with van der Waals surface area (Å²) in [7, 11) is -1.23. The van der Waals surface area contributed by atoms with E-state index in [4.69, 9.17) is 4.74 Å². The first-order valence-electron chi connectivity index (χ1n) is 7.70. The first-order valence-corrected chi connectivity index (χ1v) is 9.76. The lowest BCUT2D eigenvalue weighted by molar-refractivity contribution is 0.336. The first-order chi connectivity index (χ1) is 10.9. The number of aryl methyl sites for hydroxylation is 1. The Morgan fingerprint density at radius 3 is 2.65 bits per heavy atom. The number of hydrogen-bond acceptors (Lipinski definition) is 4. The zero-order chi connectivity index (χ0) is 17.3. The van der Waals surface area contributed by atoms with Gasteiger partial charge in [0.05, 0.1) is 12.4 Å². The van der Waals surface area contributed by atoms with Crippen LogP contribution in [0.1, 0.15) is 24.5 Å². The molecular weight excluding hydrogens is 314 g/mol. The zero-order valence-electron chi connectivity index (χ0n) is 14.3. The first kappa shape index (κ1) is 19.3. The van der Waals surface area contributed by atoms with Gasteiger partial charge in [-0.15, -0.1) is 0 Å². The van der Waals surface area contributed by atoms with Gasteiger partial charge in [0, 0.05) is 32.0 Å². The molecule has 0 unspecified atom stereocenters. The van der Waals surface area contributed by atoms with Crippen molar-refractivity contribution in [2.24, 2.45) is 4.99 Å². The molecule has 0 heterocycles. The summed E-state index contributed by atoms with van der Waals surface area (Å²) in [5.74, 6) is 1.68. The van der Waals surface area contributed by atoms with E-state index in [1.807, 2.05) is 32.0 Å². The second-order valence-corrected chi connectivity index (χ2v) is 7.64. The van der Waals surface area contributed by atoms with E-state index in [1.165, 1.54) is 6.26 Å². The van der Waals surface area contributed by atoms with Gasteiger partial charge in [0.15, 0.2) is 5.96 Å². The second-order valence-electron chi connectivity index (χ2n) is 5.38. The number of hydrogen-bond donors (Lipinski definition) is 2. The maximum Gasteiger partial charge on any atom is 0.191 e. The van der Waals surface area contributed by atoms with Crippen LogP contribution in [0.2, 0.25) is 0 Å². The smallest absolute Gasteiger partial charge is 0.191 e. The minimum Gasteiger partial charge on any atom is -0.494 e. The van der Waals surface area contributed by atoms with E-state index in [-0.39, 0.29) is 5.75 Å². The molecule has 1 rings (SSSR count). The highest BCUT2D eigenvalue weighted by molar-refractivity contribution is 7.90. The molecule has 0 saturated carbocycles. The van der Waals surface area contributed by atoms with E-state index in [0.29, 0.717) is 32.1 Å². The zero-order valence-corrected chi connectivity index (χ0v) is 15.2. The SMILES string of the molecule is CCOc1cc(C)ccc1CNC(=NC)NCCCS(C)(=O)=O. The number of nitrogens with one attached hydrogen (secondary N) is 2. The minimum atomic E-state index is -2.92. The van der Waals surface area contributed by atoms with Crippen LogP contribution in [0.25, 0.3) is 0 Å². The van der Waals surface area contributed by atoms with Crippen molar-refractivity contribution < 1.29 is 13.2 Å². The Morgan fingerprint density at radius 1 is 1.30 bits per heavy atom. The third-order valence-electron chi connectivity index (χ3n) is 3.18. The molecule has 0 aromatic heterocycles. The number of sulfone groups is 1. The van der Waals surface area contributed by atoms with E-state index in [0.717, 1.165) is 16.9 Å². The average Bonchev–Trinajstić information content (AvgIpc) is 2.47. The summed E-state index contributed by atoms with van der Waals surface area (Å²) < 4.78 is 27.8. The van der Waals surface area contributed by atoms with Crippen molar-refractivity contribution in [2.45, 2.75) is 26.8 Å². The van der Waals surface area contributed by atoms with Crippen LogP contribution in [0, 0.1) is 6.92 Å². The summed E-state index contributed by atoms with van der Waals surface area (Å²) in [4.78, 5) is 4.13. The van der Waals surface area contributed by atoms with Crippen LogP contribution in [-0.4, -0.2) is 46.6 Å². The lowest BCUT2D eigenvalue weighted by atomic mass is 10.1. The van der Waals surface area contributed by atoms with Crippen LogP contribution in [0.3, 0.4) is 0 Å². The van der Waals surface area contributed by atoms with Crippen LogP contribution in [-0.2, 0) is 16.4 Å². The molecule has 0 radical (unpaired) electrons. The van der Waals surface area contributed by atoms with Crippen molar-refractivity contribution >= 4 is 15.8 Å². The normalized spacial score (nSPS) is 12.1. The molecule has 0 saturated heterocycles. The van der Waals surface area contributed by atoms with Crippen LogP contribution < -0.4 is 15.4 Å². The van der Waals surface area contributed by atoms with E-state index in [9.17, 15) is 8.42 Å². The van der Waals surface area contributed by atoms with Gasteiger partial charge >= 0.3 is 0 Å². The fourth-order valence-electron chi connectivity index (χ4n) is 2.04. The second kappa shape index (κ2) is 9.39. The topological polar surface area (TPSA) is 79.8 Å². The Hall–Kier alpha value is -1.76. The van der Waals surface area contributed by atoms with Crippen LogP contribution in [0.4, 0.5) is 0 Å². The summed E-state index contributed by atoms with van der Waals surface area (Å²) >= 11 is 0. The van der Waals surface area contributed by atoms with Crippen molar-refractivity contribution in [3.63, 3.8) is 0 Å². The van der Waals surface area contributed by atoms with Crippen molar-refractivity contribution in [1.82, 2.24) is 10.6 Å². The van der Waals surface area contributed by atoms with Gasteiger partial charge in [-0.25, -0.2) is 8.42 Å². The fourth-order valence-corrected chi connectivity index (χ4v) is 2.71. The molecule has 0 aliphatic rings. The number of nitrogens with zero attached hydrogens (tertiary/aromatic N) is 1. The Kier molecular flexibility index (Phi) is 7.88. The summed E-state index contributed by atoms with van der Waals surface area (Å²) in [6.07, 6.45) is 1.79. The van der Waals surface area contributed by atoms with Crippen molar-refractivity contribution in [1.29, 1.82) is 0 Å². The molecule has 7 heteroatoms. The minimum absolute atomic E-state index is 0.170. The lowest BCUT2D eigenvalue weighted by Gasteiger charge is -2.15. The number of aliphatic imine (C=N–C) groups is 1. The van der Waals surface area contributed by atoms with Gasteiger partial charge in [-0.1, -0.05) is 12.1 Å². The highest BCUT2D eigenvalue weighted by atomic mass is 32.2. The van der Waals surface area contributed by atoms with E-state index < -0.39 is 9.84 Å². The number of benzene rings is 1. The predicted octanol–water partition coefficient (Wildman–Crippen LogP) is 1.49. The lowest BCUT2D eigenvalue weighted by Crippen LogP contribution is -2.37. The third kappa shape index (κ3) is 7.88. The van der Waals surface area contributed by atoms with Gasteiger partial charge in [-0.05, 0) is 31.9 Å². The molecule has 0 spiro atoms. The Labute approximate surface area is 139 Å². The number of guanidine groups is 1. The van der Waals surface area contributed by atoms with Gasteiger partial charge in [0.2, 0.25) is 0 Å². The largest absolute Gasteiger partial charge is 0.494 e. The maximum atomic E-state index is 11.1. The van der Waals surface area contributed by atoms with Gasteiger partial charge < -0.3 is 15.4 Å². The van der Waals surface area contributed by atoms with Crippen molar-refractivity contribution in [2.75, 3.05) is 32.2 Å². The molecule has 0 aliphatic carbocycles. The van der Waals surface area contributed by atoms with E-state index in [1.54, 1.807) is 7.05 Å². The Balaban J connectivity index is 2.52. The monoisotopic (exact) mass is 341 g/mol. The summed E-state index contributed by atoms with van der Waals surface area (Å²) in [5.41, 5.74) is 2.21. The molecule has 1 aromatic carbocycles. The molecule has 0 fully saturated rings. The van der Waals surface area contributed by atoms with Crippen LogP contribution in [0.5, 0.6) is 5.75 Å². The maximum absolute atomic E-state index is 11.1. The summed E-state index contributed by atoms with van der Waals surface area (Å²) in [6, 6.07) is 6.09. The molecule has 23 heavy (non-hydrogen) atoms. The molecule has 0 amide bonds. The number of ether oxygens (including phenoxy) is 1. The molecule has 0 bridgehead atoms. The highest BCUT2D eigenvalue weighted by Gasteiger charge is 2.06. The molecular formula is C16H27N3O3S. The Bertz CT molecular complexity index is 627. The molecule has 2 N–H and O–H groups in total. The van der Waals surface area contributed by atoms with Crippen LogP contribution >= 0.6 is 0 Å². The van der Waals surface area contributed by atoms with Gasteiger partial charge in [-0.2, -0.15) is 0 Å². The standard InChI is InChI=1S/C16H27N3O3S/c1-5-22-15-11-13(2)7-8-14(15)12-19-16(17-3)18-9-6-10-23(4,20)21/h7-8,11H,5-6,9-10,12H2,1-4H3,(H2,17,18,19). The van der Waals surface area contributed by atoms with Gasteiger partial charge in [-0.3, -0.25) is 4.99 Å². The Morgan fingerprint density at radius 2 is 2.04 bits per heavy atom. The molecule has 6 nitrogen and oxygen atoms in total. The molecule has 1 aromatic rings. The third-order valence-corrected chi connectivity index (χ3v) is 4.21. The molecule has 130 valence electrons. The number of rotatable bonds is 8. The van der Waals surface area contributed by atoms with Gasteiger partial charge in [0.25, 0.3) is 0 Å². The van der Waals surface area contributed by atoms with E-state index in [2.05, 4.69) is 15.6 Å². The van der Waals surface area contributed by atoms with Crippen LogP contribution in [0.15, 0.2) is 23.2 Å². The summed E-state index contributed by atoms with van der Waals surface area (Å²) in [5, 5.41) is 6.32. The summed E-state index contributed by atoms with van der Waals surface area (Å²) in [6.45, 7) is 5.75. The quantitative estimate of drug-likeness (QED) is 0.425. The van der Waals surface area contributed by atoms with Crippen molar-refractivity contribution in [3.8, 4) is 5.75 Å². The molecule has 0 atom stereocenters. The average molecular weight is 341 g/mol. The van der Waals surface area contributed by atoms with E-state index >= 15 is 0 Å². The fraction of sp³-hybridized carbons (Fsp3) is 0.562. The highest BCUT2D eigenvalue weighted by Crippen LogP contribution is 2.20. The van der Waals surface area contributed by atoms with Crippen molar-refractivity contribution in [3.05, 3.63) is 29.3 Å². The van der Waals surface area contributed by atoms with Gasteiger partial charge in [0.1, 0.15) is 15.6 Å². The molecule has 0 aliphatic heterocycles. The predicted molar refractivity (Wildman–Crippen MR) is 94.9 cm³/mol.